The number of morpholine rings is 1. The minimum atomic E-state index is -0.637. The van der Waals surface area contributed by atoms with Crippen LogP contribution in [-0.4, -0.2) is 54.3 Å². The van der Waals surface area contributed by atoms with Crippen LogP contribution in [0.25, 0.3) is 12.2 Å². The molecule has 0 aliphatic carbocycles. The number of benzene rings is 1. The second kappa shape index (κ2) is 10.0. The molecule has 1 aromatic heterocycles. The summed E-state index contributed by atoms with van der Waals surface area (Å²) in [6.45, 7) is 3.29. The van der Waals surface area contributed by atoms with Crippen LogP contribution in [0.2, 0.25) is 5.02 Å². The standard InChI is InChI=1S/C20H20ClFN2O5S/c1-2-29-19(26)11-18-24(12-17(25)23-6-8-28-9-7-23)20(27)16(30-18)10-13-14(21)4-3-5-15(13)22/h3-5,10-11H,2,6-9,12H2,1H3/b16-10-,18-11+. The summed E-state index contributed by atoms with van der Waals surface area (Å²) < 4.78 is 25.9. The predicted octanol–water partition coefficient (Wildman–Crippen LogP) is 0.734. The minimum absolute atomic E-state index is 0.0619. The van der Waals surface area contributed by atoms with E-state index in [1.165, 1.54) is 28.8 Å². The SMILES string of the molecule is CCOC(=O)/C=c1/s/c(=C\c2c(F)cccc2Cl)c(=O)n1CC(=O)N1CCOCC1. The maximum atomic E-state index is 14.2. The van der Waals surface area contributed by atoms with E-state index >= 15 is 0 Å². The van der Waals surface area contributed by atoms with Crippen LogP contribution in [0.1, 0.15) is 12.5 Å². The third kappa shape index (κ3) is 5.16. The Balaban J connectivity index is 2.08. The number of ether oxygens (including phenoxy) is 2. The van der Waals surface area contributed by atoms with E-state index in [2.05, 4.69) is 0 Å². The first kappa shape index (κ1) is 22.2. The second-order valence-electron chi connectivity index (χ2n) is 6.37. The summed E-state index contributed by atoms with van der Waals surface area (Å²) in [5, 5.41) is 0.148. The molecule has 0 unspecified atom stereocenters. The molecule has 1 fully saturated rings. The Morgan fingerprint density at radius 2 is 2.07 bits per heavy atom. The average Bonchev–Trinajstić information content (AvgIpc) is 3.00. The van der Waals surface area contributed by atoms with Gasteiger partial charge in [-0.1, -0.05) is 17.7 Å². The molecule has 0 atom stereocenters. The van der Waals surface area contributed by atoms with E-state index < -0.39 is 17.3 Å². The first-order valence-electron chi connectivity index (χ1n) is 9.30. The Kier molecular flexibility index (Phi) is 7.41. The fourth-order valence-corrected chi connectivity index (χ4v) is 4.14. The Morgan fingerprint density at radius 1 is 1.33 bits per heavy atom. The van der Waals surface area contributed by atoms with Crippen molar-refractivity contribution in [1.82, 2.24) is 9.47 Å². The van der Waals surface area contributed by atoms with Gasteiger partial charge in [-0.15, -0.1) is 11.3 Å². The lowest BCUT2D eigenvalue weighted by Crippen LogP contribution is -2.45. The third-order valence-corrected chi connectivity index (χ3v) is 5.79. The first-order chi connectivity index (χ1) is 14.4. The molecule has 1 saturated heterocycles. The van der Waals surface area contributed by atoms with Gasteiger partial charge in [-0.05, 0) is 25.1 Å². The zero-order valence-electron chi connectivity index (χ0n) is 16.2. The van der Waals surface area contributed by atoms with Crippen molar-refractivity contribution in [3.8, 4) is 0 Å². The smallest absolute Gasteiger partial charge is 0.333 e. The largest absolute Gasteiger partial charge is 0.463 e. The molecule has 1 aliphatic rings. The Morgan fingerprint density at radius 3 is 2.73 bits per heavy atom. The Hall–Kier alpha value is -2.49. The summed E-state index contributed by atoms with van der Waals surface area (Å²) in [6, 6.07) is 4.20. The zero-order valence-corrected chi connectivity index (χ0v) is 17.8. The molecule has 1 aromatic carbocycles. The summed E-state index contributed by atoms with van der Waals surface area (Å²) in [7, 11) is 0. The van der Waals surface area contributed by atoms with Crippen LogP contribution in [0, 0.1) is 5.82 Å². The summed E-state index contributed by atoms with van der Waals surface area (Å²) in [4.78, 5) is 39.2. The van der Waals surface area contributed by atoms with Crippen molar-refractivity contribution in [2.24, 2.45) is 0 Å². The van der Waals surface area contributed by atoms with Crippen molar-refractivity contribution in [3.05, 3.63) is 54.2 Å². The van der Waals surface area contributed by atoms with Crippen LogP contribution in [0.15, 0.2) is 23.0 Å². The van der Waals surface area contributed by atoms with Gasteiger partial charge in [0.25, 0.3) is 5.56 Å². The van der Waals surface area contributed by atoms with Crippen LogP contribution >= 0.6 is 22.9 Å². The van der Waals surface area contributed by atoms with Gasteiger partial charge in [0, 0.05) is 18.7 Å². The number of rotatable bonds is 5. The number of carbonyl (C=O) groups is 2. The van der Waals surface area contributed by atoms with Gasteiger partial charge in [0.15, 0.2) is 0 Å². The minimum Gasteiger partial charge on any atom is -0.463 e. The lowest BCUT2D eigenvalue weighted by atomic mass is 10.2. The predicted molar refractivity (Wildman–Crippen MR) is 111 cm³/mol. The molecule has 0 spiro atoms. The van der Waals surface area contributed by atoms with E-state index in [0.29, 0.717) is 26.3 Å². The molecule has 2 aromatic rings. The molecule has 0 saturated carbocycles. The maximum Gasteiger partial charge on any atom is 0.333 e. The molecule has 3 rings (SSSR count). The summed E-state index contributed by atoms with van der Waals surface area (Å²) >= 11 is 7.02. The highest BCUT2D eigenvalue weighted by Crippen LogP contribution is 2.19. The number of amides is 1. The lowest BCUT2D eigenvalue weighted by Gasteiger charge is -2.26. The van der Waals surface area contributed by atoms with Gasteiger partial charge in [-0.25, -0.2) is 9.18 Å². The van der Waals surface area contributed by atoms with Crippen molar-refractivity contribution >= 4 is 47.0 Å². The summed E-state index contributed by atoms with van der Waals surface area (Å²) in [6.07, 6.45) is 2.48. The number of esters is 1. The van der Waals surface area contributed by atoms with E-state index in [1.54, 1.807) is 11.8 Å². The maximum absolute atomic E-state index is 14.2. The highest BCUT2D eigenvalue weighted by molar-refractivity contribution is 7.07. The van der Waals surface area contributed by atoms with Crippen LogP contribution in [0.3, 0.4) is 0 Å². The van der Waals surface area contributed by atoms with Gasteiger partial charge >= 0.3 is 5.97 Å². The summed E-state index contributed by atoms with van der Waals surface area (Å²) in [5.41, 5.74) is -0.455. The number of nitrogens with zero attached hydrogens (tertiary/aromatic N) is 2. The highest BCUT2D eigenvalue weighted by Gasteiger charge is 2.19. The van der Waals surface area contributed by atoms with E-state index in [9.17, 15) is 18.8 Å². The zero-order chi connectivity index (χ0) is 21.7. The molecular weight excluding hydrogens is 435 g/mol. The molecule has 160 valence electrons. The molecule has 30 heavy (non-hydrogen) atoms. The lowest BCUT2D eigenvalue weighted by molar-refractivity contribution is -0.136. The van der Waals surface area contributed by atoms with Gasteiger partial charge in [0.2, 0.25) is 5.91 Å². The van der Waals surface area contributed by atoms with E-state index in [0.717, 1.165) is 17.4 Å². The van der Waals surface area contributed by atoms with Crippen molar-refractivity contribution < 1.29 is 23.5 Å². The first-order valence-corrected chi connectivity index (χ1v) is 10.5. The number of hydrogen-bond acceptors (Lipinski definition) is 6. The number of thiazole rings is 1. The molecule has 1 aliphatic heterocycles. The molecule has 1 amide bonds. The number of carbonyl (C=O) groups excluding carboxylic acids is 2. The molecule has 10 heteroatoms. The van der Waals surface area contributed by atoms with Crippen LogP contribution < -0.4 is 14.8 Å². The van der Waals surface area contributed by atoms with Gasteiger partial charge < -0.3 is 14.4 Å². The van der Waals surface area contributed by atoms with Gasteiger partial charge in [0.05, 0.1) is 35.5 Å². The topological polar surface area (TPSA) is 77.8 Å². The Labute approximate surface area is 180 Å². The van der Waals surface area contributed by atoms with Crippen LogP contribution in [0.5, 0.6) is 0 Å². The fourth-order valence-electron chi connectivity index (χ4n) is 2.91. The Bertz CT molecular complexity index is 1100. The molecule has 0 bridgehead atoms. The van der Waals surface area contributed by atoms with Crippen molar-refractivity contribution in [2.75, 3.05) is 32.9 Å². The summed E-state index contributed by atoms with van der Waals surface area (Å²) in [5.74, 6) is -1.49. The van der Waals surface area contributed by atoms with E-state index in [-0.39, 0.29) is 38.8 Å². The van der Waals surface area contributed by atoms with Gasteiger partial charge in [0.1, 0.15) is 17.0 Å². The third-order valence-electron chi connectivity index (χ3n) is 4.40. The second-order valence-corrected chi connectivity index (χ2v) is 7.83. The monoisotopic (exact) mass is 454 g/mol. The number of halogens is 2. The van der Waals surface area contributed by atoms with Gasteiger partial charge in [-0.3, -0.25) is 14.2 Å². The quantitative estimate of drug-likeness (QED) is 0.623. The van der Waals surface area contributed by atoms with Crippen molar-refractivity contribution in [3.63, 3.8) is 0 Å². The van der Waals surface area contributed by atoms with E-state index in [4.69, 9.17) is 21.1 Å². The average molecular weight is 455 g/mol. The molecular formula is C20H20ClFN2O5S. The van der Waals surface area contributed by atoms with E-state index in [1.807, 2.05) is 0 Å². The molecule has 0 radical (unpaired) electrons. The molecule has 7 nitrogen and oxygen atoms in total. The highest BCUT2D eigenvalue weighted by atomic mass is 35.5. The normalized spacial score (nSPS) is 15.5. The number of aromatic nitrogens is 1. The molecule has 2 heterocycles. The molecule has 0 N–H and O–H groups in total. The van der Waals surface area contributed by atoms with Crippen molar-refractivity contribution in [2.45, 2.75) is 13.5 Å². The van der Waals surface area contributed by atoms with Gasteiger partial charge in [-0.2, -0.15) is 0 Å². The number of hydrogen-bond donors (Lipinski definition) is 0. The van der Waals surface area contributed by atoms with Crippen molar-refractivity contribution in [1.29, 1.82) is 0 Å². The fraction of sp³-hybridized carbons (Fsp3) is 0.350. The van der Waals surface area contributed by atoms with Crippen LogP contribution in [0.4, 0.5) is 4.39 Å². The van der Waals surface area contributed by atoms with Crippen LogP contribution in [-0.2, 0) is 25.6 Å².